The van der Waals surface area contributed by atoms with Crippen molar-refractivity contribution in [3.05, 3.63) is 64.7 Å². The number of nitrogens with zero attached hydrogens (tertiary/aromatic N) is 1. The Balaban J connectivity index is 1.91. The lowest BCUT2D eigenvalue weighted by atomic mass is 10.1. The Bertz CT molecular complexity index is 731. The predicted octanol–water partition coefficient (Wildman–Crippen LogP) is 3.71. The van der Waals surface area contributed by atoms with Gasteiger partial charge in [0.15, 0.2) is 0 Å². The lowest BCUT2D eigenvalue weighted by Crippen LogP contribution is -2.33. The normalized spacial score (nSPS) is 10.3. The van der Waals surface area contributed by atoms with Gasteiger partial charge in [-0.2, -0.15) is 0 Å². The molecule has 0 fully saturated rings. The van der Waals surface area contributed by atoms with Crippen LogP contribution in [0.1, 0.15) is 24.5 Å². The Morgan fingerprint density at radius 3 is 2.54 bits per heavy atom. The minimum absolute atomic E-state index is 0.0912. The van der Waals surface area contributed by atoms with Crippen LogP contribution in [-0.2, 0) is 16.1 Å². The maximum atomic E-state index is 12.1. The van der Waals surface area contributed by atoms with E-state index in [0.29, 0.717) is 23.8 Å². The van der Waals surface area contributed by atoms with Gasteiger partial charge in [0.25, 0.3) is 0 Å². The first-order valence-electron chi connectivity index (χ1n) is 7.82. The summed E-state index contributed by atoms with van der Waals surface area (Å²) in [5, 5.41) is 3.45. The molecule has 0 unspecified atom stereocenters. The number of aryl methyl sites for hydroxylation is 1. The molecule has 0 aliphatic heterocycles. The molecule has 2 aromatic carbocycles. The molecule has 2 amide bonds. The molecule has 0 aliphatic rings. The fourth-order valence-electron chi connectivity index (χ4n) is 2.42. The standard InChI is InChI=1S/C19H21ClN2O2/c1-14-6-3-4-7-16(14)13-21-19(24)10-11-22(15(2)23)18-9-5-8-17(20)12-18/h3-9,12H,10-11,13H2,1-2H3,(H,21,24). The van der Waals surface area contributed by atoms with Gasteiger partial charge < -0.3 is 10.2 Å². The summed E-state index contributed by atoms with van der Waals surface area (Å²) in [4.78, 5) is 25.5. The molecular weight excluding hydrogens is 324 g/mol. The van der Waals surface area contributed by atoms with Gasteiger partial charge in [-0.05, 0) is 36.2 Å². The summed E-state index contributed by atoms with van der Waals surface area (Å²) in [6.45, 7) is 4.29. The van der Waals surface area contributed by atoms with E-state index in [1.165, 1.54) is 6.92 Å². The van der Waals surface area contributed by atoms with Crippen molar-refractivity contribution in [2.75, 3.05) is 11.4 Å². The molecule has 0 aliphatic carbocycles. The molecule has 4 nitrogen and oxygen atoms in total. The van der Waals surface area contributed by atoms with Crippen molar-refractivity contribution in [1.82, 2.24) is 5.32 Å². The summed E-state index contributed by atoms with van der Waals surface area (Å²) in [5.41, 5.74) is 2.92. The summed E-state index contributed by atoms with van der Waals surface area (Å²) >= 11 is 5.97. The highest BCUT2D eigenvalue weighted by atomic mass is 35.5. The molecule has 1 N–H and O–H groups in total. The van der Waals surface area contributed by atoms with Crippen LogP contribution in [0.5, 0.6) is 0 Å². The average molecular weight is 345 g/mol. The second-order valence-electron chi connectivity index (χ2n) is 5.60. The highest BCUT2D eigenvalue weighted by Gasteiger charge is 2.13. The van der Waals surface area contributed by atoms with Crippen LogP contribution in [0.4, 0.5) is 5.69 Å². The fraction of sp³-hybridized carbons (Fsp3) is 0.263. The largest absolute Gasteiger partial charge is 0.352 e. The number of nitrogens with one attached hydrogen (secondary N) is 1. The van der Waals surface area contributed by atoms with Gasteiger partial charge in [-0.25, -0.2) is 0 Å². The van der Waals surface area contributed by atoms with Crippen LogP contribution in [0.15, 0.2) is 48.5 Å². The number of rotatable bonds is 6. The molecule has 0 bridgehead atoms. The third-order valence-electron chi connectivity index (χ3n) is 3.80. The molecule has 0 spiro atoms. The van der Waals surface area contributed by atoms with Crippen molar-refractivity contribution in [2.24, 2.45) is 0 Å². The van der Waals surface area contributed by atoms with Crippen molar-refractivity contribution >= 4 is 29.1 Å². The molecule has 0 aromatic heterocycles. The van der Waals surface area contributed by atoms with Crippen LogP contribution < -0.4 is 10.2 Å². The number of hydrogen-bond acceptors (Lipinski definition) is 2. The summed E-state index contributed by atoms with van der Waals surface area (Å²) < 4.78 is 0. The second-order valence-corrected chi connectivity index (χ2v) is 6.04. The zero-order chi connectivity index (χ0) is 17.5. The summed E-state index contributed by atoms with van der Waals surface area (Å²) in [6.07, 6.45) is 0.234. The van der Waals surface area contributed by atoms with Crippen LogP contribution in [0, 0.1) is 6.92 Å². The highest BCUT2D eigenvalue weighted by Crippen LogP contribution is 2.20. The maximum Gasteiger partial charge on any atom is 0.223 e. The third-order valence-corrected chi connectivity index (χ3v) is 4.03. The minimum Gasteiger partial charge on any atom is -0.352 e. The number of carbonyl (C=O) groups is 2. The van der Waals surface area contributed by atoms with Gasteiger partial charge in [0.1, 0.15) is 0 Å². The SMILES string of the molecule is CC(=O)N(CCC(=O)NCc1ccccc1C)c1cccc(Cl)c1. The van der Waals surface area contributed by atoms with Crippen molar-refractivity contribution in [1.29, 1.82) is 0 Å². The van der Waals surface area contributed by atoms with Crippen LogP contribution >= 0.6 is 11.6 Å². The Kier molecular flexibility index (Phi) is 6.38. The summed E-state index contributed by atoms with van der Waals surface area (Å²) in [6, 6.07) is 15.0. The molecule has 0 radical (unpaired) electrons. The molecule has 0 heterocycles. The number of carbonyl (C=O) groups excluding carboxylic acids is 2. The molecule has 24 heavy (non-hydrogen) atoms. The Labute approximate surface area is 147 Å². The number of anilines is 1. The van der Waals surface area contributed by atoms with Crippen LogP contribution in [0.25, 0.3) is 0 Å². The summed E-state index contributed by atoms with van der Waals surface area (Å²) in [7, 11) is 0. The lowest BCUT2D eigenvalue weighted by molar-refractivity contribution is -0.121. The Morgan fingerprint density at radius 1 is 1.12 bits per heavy atom. The minimum atomic E-state index is -0.121. The first-order valence-corrected chi connectivity index (χ1v) is 8.20. The lowest BCUT2D eigenvalue weighted by Gasteiger charge is -2.21. The number of benzene rings is 2. The van der Waals surface area contributed by atoms with Crippen LogP contribution in [-0.4, -0.2) is 18.4 Å². The van der Waals surface area contributed by atoms with Crippen molar-refractivity contribution in [3.8, 4) is 0 Å². The van der Waals surface area contributed by atoms with E-state index < -0.39 is 0 Å². The molecule has 126 valence electrons. The van der Waals surface area contributed by atoms with Crippen LogP contribution in [0.2, 0.25) is 5.02 Å². The van der Waals surface area contributed by atoms with Crippen molar-refractivity contribution in [3.63, 3.8) is 0 Å². The molecular formula is C19H21ClN2O2. The van der Waals surface area contributed by atoms with Gasteiger partial charge in [0, 0.05) is 37.1 Å². The zero-order valence-corrected chi connectivity index (χ0v) is 14.6. The topological polar surface area (TPSA) is 49.4 Å². The first-order chi connectivity index (χ1) is 11.5. The van der Waals surface area contributed by atoms with Crippen LogP contribution in [0.3, 0.4) is 0 Å². The highest BCUT2D eigenvalue weighted by molar-refractivity contribution is 6.30. The summed E-state index contributed by atoms with van der Waals surface area (Å²) in [5.74, 6) is -0.212. The van der Waals surface area contributed by atoms with E-state index in [0.717, 1.165) is 11.1 Å². The number of amides is 2. The van der Waals surface area contributed by atoms with E-state index in [1.807, 2.05) is 31.2 Å². The monoisotopic (exact) mass is 344 g/mol. The smallest absolute Gasteiger partial charge is 0.223 e. The van der Waals surface area contributed by atoms with Crippen molar-refractivity contribution < 1.29 is 9.59 Å². The Morgan fingerprint density at radius 2 is 1.88 bits per heavy atom. The first kappa shape index (κ1) is 18.0. The van der Waals surface area contributed by atoms with E-state index in [9.17, 15) is 9.59 Å². The van der Waals surface area contributed by atoms with Gasteiger partial charge in [-0.3, -0.25) is 9.59 Å². The molecule has 0 atom stereocenters. The number of hydrogen-bond donors (Lipinski definition) is 1. The average Bonchev–Trinajstić information content (AvgIpc) is 2.54. The number of halogens is 1. The quantitative estimate of drug-likeness (QED) is 0.868. The van der Waals surface area contributed by atoms with E-state index in [4.69, 9.17) is 11.6 Å². The predicted molar refractivity (Wildman–Crippen MR) is 97.1 cm³/mol. The van der Waals surface area contributed by atoms with Gasteiger partial charge >= 0.3 is 0 Å². The fourth-order valence-corrected chi connectivity index (χ4v) is 2.60. The molecule has 5 heteroatoms. The molecule has 0 saturated heterocycles. The Hall–Kier alpha value is -2.33. The van der Waals surface area contributed by atoms with E-state index in [2.05, 4.69) is 5.32 Å². The van der Waals surface area contributed by atoms with E-state index in [-0.39, 0.29) is 18.2 Å². The van der Waals surface area contributed by atoms with Gasteiger partial charge in [-0.1, -0.05) is 41.9 Å². The molecule has 2 rings (SSSR count). The maximum absolute atomic E-state index is 12.1. The van der Waals surface area contributed by atoms with E-state index in [1.54, 1.807) is 29.2 Å². The van der Waals surface area contributed by atoms with Crippen molar-refractivity contribution in [2.45, 2.75) is 26.8 Å². The van der Waals surface area contributed by atoms with Gasteiger partial charge in [-0.15, -0.1) is 0 Å². The second kappa shape index (κ2) is 8.50. The molecule has 2 aromatic rings. The van der Waals surface area contributed by atoms with E-state index >= 15 is 0 Å². The van der Waals surface area contributed by atoms with Gasteiger partial charge in [0.2, 0.25) is 11.8 Å². The third kappa shape index (κ3) is 5.10. The zero-order valence-electron chi connectivity index (χ0n) is 13.9. The van der Waals surface area contributed by atoms with Gasteiger partial charge in [0.05, 0.1) is 0 Å². The molecule has 0 saturated carbocycles.